The highest BCUT2D eigenvalue weighted by Crippen LogP contribution is 2.15. The molecule has 1 aromatic rings. The summed E-state index contributed by atoms with van der Waals surface area (Å²) in [7, 11) is 0. The summed E-state index contributed by atoms with van der Waals surface area (Å²) in [6.45, 7) is 6.03. The molecule has 0 unspecified atom stereocenters. The summed E-state index contributed by atoms with van der Waals surface area (Å²) in [4.78, 5) is 14.6. The van der Waals surface area contributed by atoms with Gasteiger partial charge in [-0.2, -0.15) is 0 Å². The molecule has 4 heteroatoms. The lowest BCUT2D eigenvalue weighted by Gasteiger charge is -2.19. The SMILES string of the molecule is Cc1cc(Br)cc(C(=O)NCCN2CCCCCC2)c1. The van der Waals surface area contributed by atoms with E-state index in [0.29, 0.717) is 0 Å². The number of rotatable bonds is 4. The van der Waals surface area contributed by atoms with Crippen molar-refractivity contribution in [2.24, 2.45) is 0 Å². The van der Waals surface area contributed by atoms with Crippen molar-refractivity contribution in [3.63, 3.8) is 0 Å². The topological polar surface area (TPSA) is 32.3 Å². The van der Waals surface area contributed by atoms with Crippen LogP contribution in [0.25, 0.3) is 0 Å². The van der Waals surface area contributed by atoms with Gasteiger partial charge >= 0.3 is 0 Å². The summed E-state index contributed by atoms with van der Waals surface area (Å²) in [6.07, 6.45) is 5.28. The quantitative estimate of drug-likeness (QED) is 0.912. The van der Waals surface area contributed by atoms with Gasteiger partial charge in [0.25, 0.3) is 5.91 Å². The molecule has 0 aliphatic carbocycles. The van der Waals surface area contributed by atoms with E-state index in [1.54, 1.807) is 0 Å². The Hall–Kier alpha value is -0.870. The lowest BCUT2D eigenvalue weighted by atomic mass is 10.1. The van der Waals surface area contributed by atoms with Crippen molar-refractivity contribution in [1.82, 2.24) is 10.2 Å². The molecule has 0 radical (unpaired) electrons. The van der Waals surface area contributed by atoms with E-state index in [2.05, 4.69) is 26.1 Å². The van der Waals surface area contributed by atoms with E-state index in [9.17, 15) is 4.79 Å². The van der Waals surface area contributed by atoms with Gasteiger partial charge in [0.1, 0.15) is 0 Å². The molecular weight excluding hydrogens is 316 g/mol. The van der Waals surface area contributed by atoms with Gasteiger partial charge in [-0.1, -0.05) is 28.8 Å². The highest BCUT2D eigenvalue weighted by molar-refractivity contribution is 9.10. The van der Waals surface area contributed by atoms with Crippen LogP contribution in [0.1, 0.15) is 41.6 Å². The molecule has 1 fully saturated rings. The molecule has 0 bridgehead atoms. The van der Waals surface area contributed by atoms with Crippen molar-refractivity contribution in [3.05, 3.63) is 33.8 Å². The smallest absolute Gasteiger partial charge is 0.251 e. The van der Waals surface area contributed by atoms with E-state index >= 15 is 0 Å². The van der Waals surface area contributed by atoms with Crippen LogP contribution in [-0.2, 0) is 0 Å². The minimum atomic E-state index is 0.0178. The average molecular weight is 339 g/mol. The van der Waals surface area contributed by atoms with Crippen LogP contribution >= 0.6 is 15.9 Å². The van der Waals surface area contributed by atoms with Gasteiger partial charge in [-0.25, -0.2) is 0 Å². The Morgan fingerprint density at radius 1 is 1.20 bits per heavy atom. The van der Waals surface area contributed by atoms with Gasteiger partial charge in [-0.15, -0.1) is 0 Å². The standard InChI is InChI=1S/C16H23BrN2O/c1-13-10-14(12-15(17)11-13)16(20)18-6-9-19-7-4-2-3-5-8-19/h10-12H,2-9H2,1H3,(H,18,20). The molecule has 1 aromatic carbocycles. The van der Waals surface area contributed by atoms with Crippen molar-refractivity contribution in [2.45, 2.75) is 32.6 Å². The monoisotopic (exact) mass is 338 g/mol. The Labute approximate surface area is 129 Å². The molecule has 0 aromatic heterocycles. The molecule has 1 heterocycles. The first kappa shape index (κ1) is 15.5. The first-order valence-electron chi connectivity index (χ1n) is 7.43. The Morgan fingerprint density at radius 3 is 2.55 bits per heavy atom. The largest absolute Gasteiger partial charge is 0.351 e. The Bertz CT molecular complexity index is 434. The third-order valence-electron chi connectivity index (χ3n) is 3.72. The summed E-state index contributed by atoms with van der Waals surface area (Å²) >= 11 is 3.43. The van der Waals surface area contributed by atoms with Crippen molar-refractivity contribution >= 4 is 21.8 Å². The van der Waals surface area contributed by atoms with Crippen LogP contribution < -0.4 is 5.32 Å². The maximum atomic E-state index is 12.1. The number of hydrogen-bond donors (Lipinski definition) is 1. The molecule has 20 heavy (non-hydrogen) atoms. The second kappa shape index (κ2) is 7.79. The number of benzene rings is 1. The molecule has 1 aliphatic rings. The number of halogens is 1. The number of hydrogen-bond acceptors (Lipinski definition) is 2. The maximum Gasteiger partial charge on any atom is 0.251 e. The molecule has 3 nitrogen and oxygen atoms in total. The summed E-state index contributed by atoms with van der Waals surface area (Å²) in [5.74, 6) is 0.0178. The van der Waals surface area contributed by atoms with Crippen molar-refractivity contribution < 1.29 is 4.79 Å². The highest BCUT2D eigenvalue weighted by atomic mass is 79.9. The third-order valence-corrected chi connectivity index (χ3v) is 4.17. The number of nitrogens with one attached hydrogen (secondary N) is 1. The Balaban J connectivity index is 1.79. The molecule has 0 spiro atoms. The number of amides is 1. The van der Waals surface area contributed by atoms with Gasteiger partial charge < -0.3 is 10.2 Å². The molecule has 1 saturated heterocycles. The zero-order chi connectivity index (χ0) is 14.4. The van der Waals surface area contributed by atoms with Gasteiger partial charge in [0.15, 0.2) is 0 Å². The van der Waals surface area contributed by atoms with E-state index in [0.717, 1.165) is 28.7 Å². The first-order chi connectivity index (χ1) is 9.65. The predicted molar refractivity (Wildman–Crippen MR) is 86.1 cm³/mol. The van der Waals surface area contributed by atoms with Crippen LogP contribution in [0.4, 0.5) is 0 Å². The fraction of sp³-hybridized carbons (Fsp3) is 0.562. The summed E-state index contributed by atoms with van der Waals surface area (Å²) in [5.41, 5.74) is 1.82. The molecule has 2 rings (SSSR count). The number of carbonyl (C=O) groups is 1. The fourth-order valence-corrected chi connectivity index (χ4v) is 3.26. The van der Waals surface area contributed by atoms with Gasteiger partial charge in [0, 0.05) is 23.1 Å². The van der Waals surface area contributed by atoms with E-state index in [4.69, 9.17) is 0 Å². The van der Waals surface area contributed by atoms with Crippen molar-refractivity contribution in [2.75, 3.05) is 26.2 Å². The van der Waals surface area contributed by atoms with E-state index in [1.807, 2.05) is 25.1 Å². The van der Waals surface area contributed by atoms with Crippen molar-refractivity contribution in [1.29, 1.82) is 0 Å². The maximum absolute atomic E-state index is 12.1. The van der Waals surface area contributed by atoms with Crippen LogP contribution in [0, 0.1) is 6.92 Å². The van der Waals surface area contributed by atoms with Gasteiger partial charge in [-0.05, 0) is 56.6 Å². The molecule has 0 atom stereocenters. The summed E-state index contributed by atoms with van der Waals surface area (Å²) in [6, 6.07) is 5.80. The fourth-order valence-electron chi connectivity index (χ4n) is 2.66. The minimum Gasteiger partial charge on any atom is -0.351 e. The number of aryl methyl sites for hydroxylation is 1. The summed E-state index contributed by atoms with van der Waals surface area (Å²) < 4.78 is 0.954. The molecule has 1 amide bonds. The minimum absolute atomic E-state index is 0.0178. The van der Waals surface area contributed by atoms with Crippen LogP contribution in [-0.4, -0.2) is 37.0 Å². The second-order valence-corrected chi connectivity index (χ2v) is 6.44. The first-order valence-corrected chi connectivity index (χ1v) is 8.22. The predicted octanol–water partition coefficient (Wildman–Crippen LogP) is 3.36. The zero-order valence-corrected chi connectivity index (χ0v) is 13.7. The number of likely N-dealkylation sites (tertiary alicyclic amines) is 1. The van der Waals surface area contributed by atoms with Gasteiger partial charge in [-0.3, -0.25) is 4.79 Å². The molecule has 110 valence electrons. The van der Waals surface area contributed by atoms with E-state index < -0.39 is 0 Å². The highest BCUT2D eigenvalue weighted by Gasteiger charge is 2.10. The van der Waals surface area contributed by atoms with E-state index in [-0.39, 0.29) is 5.91 Å². The Kier molecular flexibility index (Phi) is 6.05. The van der Waals surface area contributed by atoms with Gasteiger partial charge in [0.05, 0.1) is 0 Å². The number of nitrogens with zero attached hydrogens (tertiary/aromatic N) is 1. The molecular formula is C16H23BrN2O. The average Bonchev–Trinajstić information content (AvgIpc) is 2.66. The second-order valence-electron chi connectivity index (χ2n) is 5.53. The van der Waals surface area contributed by atoms with Crippen LogP contribution in [0.2, 0.25) is 0 Å². The molecule has 1 aliphatic heterocycles. The van der Waals surface area contributed by atoms with Crippen LogP contribution in [0.3, 0.4) is 0 Å². The molecule has 0 saturated carbocycles. The van der Waals surface area contributed by atoms with Gasteiger partial charge in [0.2, 0.25) is 0 Å². The summed E-state index contributed by atoms with van der Waals surface area (Å²) in [5, 5.41) is 3.02. The lowest BCUT2D eigenvalue weighted by Crippen LogP contribution is -2.35. The van der Waals surface area contributed by atoms with E-state index in [1.165, 1.54) is 38.8 Å². The van der Waals surface area contributed by atoms with Crippen molar-refractivity contribution in [3.8, 4) is 0 Å². The lowest BCUT2D eigenvalue weighted by molar-refractivity contribution is 0.0948. The van der Waals surface area contributed by atoms with Crippen LogP contribution in [0.15, 0.2) is 22.7 Å². The number of carbonyl (C=O) groups excluding carboxylic acids is 1. The molecule has 1 N–H and O–H groups in total. The normalized spacial score (nSPS) is 16.7. The van der Waals surface area contributed by atoms with Crippen LogP contribution in [0.5, 0.6) is 0 Å². The zero-order valence-electron chi connectivity index (χ0n) is 12.1. The Morgan fingerprint density at radius 2 is 1.90 bits per heavy atom. The third kappa shape index (κ3) is 4.91.